The Labute approximate surface area is 159 Å². The Morgan fingerprint density at radius 1 is 1.04 bits per heavy atom. The number of nitrogens with two attached hydrogens (primary N) is 1. The van der Waals surface area contributed by atoms with Gasteiger partial charge in [-0.25, -0.2) is 0 Å². The molecule has 0 amide bonds. The number of hydrogen-bond donors (Lipinski definition) is 1. The summed E-state index contributed by atoms with van der Waals surface area (Å²) in [6, 6.07) is 10.5. The number of halogens is 1. The smallest absolute Gasteiger partial charge is 0.230 e. The molecule has 1 aliphatic heterocycles. The number of nitrogens with zero attached hydrogens (tertiary/aromatic N) is 5. The first-order chi connectivity index (χ1) is 11.7. The van der Waals surface area contributed by atoms with Crippen LogP contribution in [-0.4, -0.2) is 58.8 Å². The molecule has 8 heteroatoms. The highest BCUT2D eigenvalue weighted by atomic mass is 35.5. The highest BCUT2D eigenvalue weighted by Gasteiger charge is 2.17. The molecule has 3 rings (SSSR count). The summed E-state index contributed by atoms with van der Waals surface area (Å²) in [6.07, 6.45) is 0.810. The third kappa shape index (κ3) is 6.02. The van der Waals surface area contributed by atoms with Crippen molar-refractivity contribution in [1.82, 2.24) is 19.9 Å². The second-order valence-electron chi connectivity index (χ2n) is 5.99. The first kappa shape index (κ1) is 19.8. The van der Waals surface area contributed by atoms with Crippen molar-refractivity contribution in [1.29, 1.82) is 0 Å². The van der Waals surface area contributed by atoms with Crippen LogP contribution in [0.25, 0.3) is 0 Å². The molecule has 1 aliphatic rings. The standard InChI is InChI=1S/C17H24N6S.ClH/c1-22-8-10-23(11-9-22)17-20-15(19-16(18)21-17)7-12-24-13-14-5-3-2-4-6-14;/h2-6H,7-13H2,1H3,(H2,18,19,20,21);1H. The van der Waals surface area contributed by atoms with Gasteiger partial charge in [0.05, 0.1) is 0 Å². The maximum absolute atomic E-state index is 5.88. The number of anilines is 2. The van der Waals surface area contributed by atoms with Crippen LogP contribution >= 0.6 is 24.2 Å². The molecule has 0 bridgehead atoms. The van der Waals surface area contributed by atoms with Crippen LogP contribution in [0.4, 0.5) is 11.9 Å². The highest BCUT2D eigenvalue weighted by Crippen LogP contribution is 2.15. The van der Waals surface area contributed by atoms with Crippen molar-refractivity contribution >= 4 is 36.1 Å². The van der Waals surface area contributed by atoms with E-state index in [9.17, 15) is 0 Å². The molecule has 0 saturated carbocycles. The molecule has 1 saturated heterocycles. The van der Waals surface area contributed by atoms with Crippen molar-refractivity contribution in [2.45, 2.75) is 12.2 Å². The molecule has 0 radical (unpaired) electrons. The van der Waals surface area contributed by atoms with Gasteiger partial charge >= 0.3 is 0 Å². The van der Waals surface area contributed by atoms with Gasteiger partial charge < -0.3 is 15.5 Å². The van der Waals surface area contributed by atoms with Gasteiger partial charge in [-0.3, -0.25) is 0 Å². The zero-order valence-corrected chi connectivity index (χ0v) is 16.1. The quantitative estimate of drug-likeness (QED) is 0.769. The third-order valence-corrected chi connectivity index (χ3v) is 5.09. The molecule has 0 aliphatic carbocycles. The van der Waals surface area contributed by atoms with Crippen LogP contribution in [0.3, 0.4) is 0 Å². The molecule has 136 valence electrons. The molecule has 1 aromatic carbocycles. The van der Waals surface area contributed by atoms with E-state index in [1.807, 2.05) is 17.8 Å². The van der Waals surface area contributed by atoms with E-state index < -0.39 is 0 Å². The fourth-order valence-corrected chi connectivity index (χ4v) is 3.51. The van der Waals surface area contributed by atoms with Crippen LogP contribution in [0.5, 0.6) is 0 Å². The third-order valence-electron chi connectivity index (χ3n) is 4.05. The normalized spacial score (nSPS) is 15.0. The number of hydrogen-bond acceptors (Lipinski definition) is 7. The van der Waals surface area contributed by atoms with Crippen molar-refractivity contribution in [2.24, 2.45) is 0 Å². The predicted octanol–water partition coefficient (Wildman–Crippen LogP) is 2.10. The van der Waals surface area contributed by atoms with Crippen LogP contribution in [0.15, 0.2) is 30.3 Å². The summed E-state index contributed by atoms with van der Waals surface area (Å²) in [5.74, 6) is 3.81. The number of likely N-dealkylation sites (N-methyl/N-ethyl adjacent to an activating group) is 1. The van der Waals surface area contributed by atoms with E-state index >= 15 is 0 Å². The maximum Gasteiger partial charge on any atom is 0.230 e. The second kappa shape index (κ2) is 9.79. The summed E-state index contributed by atoms with van der Waals surface area (Å²) >= 11 is 1.89. The van der Waals surface area contributed by atoms with E-state index in [0.717, 1.165) is 55.9 Å². The summed E-state index contributed by atoms with van der Waals surface area (Å²) in [6.45, 7) is 3.91. The lowest BCUT2D eigenvalue weighted by molar-refractivity contribution is 0.311. The zero-order chi connectivity index (χ0) is 16.8. The lowest BCUT2D eigenvalue weighted by atomic mass is 10.2. The van der Waals surface area contributed by atoms with Gasteiger partial charge in [0.25, 0.3) is 0 Å². The van der Waals surface area contributed by atoms with E-state index in [2.05, 4.69) is 56.1 Å². The zero-order valence-electron chi connectivity index (χ0n) is 14.5. The SMILES string of the molecule is CN1CCN(c2nc(N)nc(CCSCc3ccccc3)n2)CC1.Cl. The Kier molecular flexibility index (Phi) is 7.74. The molecule has 0 unspecified atom stereocenters. The lowest BCUT2D eigenvalue weighted by Gasteiger charge is -2.32. The van der Waals surface area contributed by atoms with Crippen molar-refractivity contribution in [3.8, 4) is 0 Å². The Morgan fingerprint density at radius 3 is 2.48 bits per heavy atom. The maximum atomic E-state index is 5.88. The largest absolute Gasteiger partial charge is 0.368 e. The summed E-state index contributed by atoms with van der Waals surface area (Å²) in [7, 11) is 2.13. The van der Waals surface area contributed by atoms with Gasteiger partial charge in [-0.2, -0.15) is 26.7 Å². The molecule has 6 nitrogen and oxygen atoms in total. The van der Waals surface area contributed by atoms with Crippen LogP contribution in [0.1, 0.15) is 11.4 Å². The fourth-order valence-electron chi connectivity index (χ4n) is 2.61. The number of benzene rings is 1. The van der Waals surface area contributed by atoms with Gasteiger partial charge in [-0.1, -0.05) is 30.3 Å². The minimum atomic E-state index is 0. The van der Waals surface area contributed by atoms with Crippen molar-refractivity contribution in [3.63, 3.8) is 0 Å². The number of rotatable bonds is 6. The van der Waals surface area contributed by atoms with E-state index in [1.54, 1.807) is 0 Å². The van der Waals surface area contributed by atoms with E-state index in [1.165, 1.54) is 5.56 Å². The lowest BCUT2D eigenvalue weighted by Crippen LogP contribution is -2.45. The van der Waals surface area contributed by atoms with Gasteiger partial charge in [0.1, 0.15) is 5.82 Å². The van der Waals surface area contributed by atoms with E-state index in [-0.39, 0.29) is 12.4 Å². The topological polar surface area (TPSA) is 71.2 Å². The van der Waals surface area contributed by atoms with Gasteiger partial charge in [0, 0.05) is 44.1 Å². The minimum Gasteiger partial charge on any atom is -0.368 e. The summed E-state index contributed by atoms with van der Waals surface area (Å²) in [5, 5.41) is 0. The summed E-state index contributed by atoms with van der Waals surface area (Å²) in [5.41, 5.74) is 7.23. The molecule has 1 fully saturated rings. The van der Waals surface area contributed by atoms with Crippen LogP contribution < -0.4 is 10.6 Å². The summed E-state index contributed by atoms with van der Waals surface area (Å²) in [4.78, 5) is 17.7. The van der Waals surface area contributed by atoms with E-state index in [0.29, 0.717) is 5.95 Å². The second-order valence-corrected chi connectivity index (χ2v) is 7.09. The number of aryl methyl sites for hydroxylation is 1. The number of thioether (sulfide) groups is 1. The van der Waals surface area contributed by atoms with Crippen molar-refractivity contribution < 1.29 is 0 Å². The molecule has 0 spiro atoms. The predicted molar refractivity (Wildman–Crippen MR) is 108 cm³/mol. The Hall–Kier alpha value is -1.57. The number of piperazine rings is 1. The molecule has 25 heavy (non-hydrogen) atoms. The molecule has 2 N–H and O–H groups in total. The Bertz CT molecular complexity index is 649. The van der Waals surface area contributed by atoms with Crippen LogP contribution in [0.2, 0.25) is 0 Å². The molecule has 1 aromatic heterocycles. The highest BCUT2D eigenvalue weighted by molar-refractivity contribution is 7.98. The molecular weight excluding hydrogens is 356 g/mol. The minimum absolute atomic E-state index is 0. The van der Waals surface area contributed by atoms with Gasteiger partial charge in [0.15, 0.2) is 0 Å². The Balaban J connectivity index is 0.00000225. The van der Waals surface area contributed by atoms with Gasteiger partial charge in [-0.15, -0.1) is 12.4 Å². The van der Waals surface area contributed by atoms with E-state index in [4.69, 9.17) is 5.73 Å². The van der Waals surface area contributed by atoms with Gasteiger partial charge in [0.2, 0.25) is 11.9 Å². The monoisotopic (exact) mass is 380 g/mol. The molecular formula is C17H25ClN6S. The van der Waals surface area contributed by atoms with Crippen LogP contribution in [-0.2, 0) is 12.2 Å². The average molecular weight is 381 g/mol. The number of aromatic nitrogens is 3. The Morgan fingerprint density at radius 2 is 1.76 bits per heavy atom. The number of nitrogen functional groups attached to an aromatic ring is 1. The van der Waals surface area contributed by atoms with Gasteiger partial charge in [-0.05, 0) is 12.6 Å². The first-order valence-electron chi connectivity index (χ1n) is 8.26. The average Bonchev–Trinajstić information content (AvgIpc) is 2.60. The summed E-state index contributed by atoms with van der Waals surface area (Å²) < 4.78 is 0. The van der Waals surface area contributed by atoms with Crippen molar-refractivity contribution in [2.75, 3.05) is 49.6 Å². The molecule has 0 atom stereocenters. The first-order valence-corrected chi connectivity index (χ1v) is 9.42. The van der Waals surface area contributed by atoms with Crippen molar-refractivity contribution in [3.05, 3.63) is 41.7 Å². The molecule has 2 heterocycles. The van der Waals surface area contributed by atoms with Crippen LogP contribution in [0, 0.1) is 0 Å². The molecule has 2 aromatic rings. The fraction of sp³-hybridized carbons (Fsp3) is 0.471.